The maximum Gasteiger partial charge on any atom is 0.416 e. The average Bonchev–Trinajstić information content (AvgIpc) is 2.86. The highest BCUT2D eigenvalue weighted by Crippen LogP contribution is 2.32. The first-order valence-electron chi connectivity index (χ1n) is 10.6. The molecule has 1 aliphatic rings. The third kappa shape index (κ3) is 6.40. The molecule has 0 radical (unpaired) electrons. The van der Waals surface area contributed by atoms with E-state index < -0.39 is 17.6 Å². The topological polar surface area (TPSA) is 87.9 Å². The fraction of sp³-hybridized carbons (Fsp3) is 0.318. The molecule has 13 heteroatoms. The molecule has 0 atom stereocenters. The van der Waals surface area contributed by atoms with Crippen molar-refractivity contribution in [2.75, 3.05) is 36.5 Å². The number of nitrogens with zero attached hydrogens (tertiary/aromatic N) is 6. The van der Waals surface area contributed by atoms with Crippen LogP contribution >= 0.6 is 11.6 Å². The van der Waals surface area contributed by atoms with Crippen molar-refractivity contribution in [3.63, 3.8) is 0 Å². The van der Waals surface area contributed by atoms with Gasteiger partial charge in [0.15, 0.2) is 11.6 Å². The molecule has 0 amide bonds. The predicted octanol–water partition coefficient (Wildman–Crippen LogP) is 5.63. The highest BCUT2D eigenvalue weighted by Gasteiger charge is 2.30. The lowest BCUT2D eigenvalue weighted by Crippen LogP contribution is -2.37. The van der Waals surface area contributed by atoms with Crippen molar-refractivity contribution in [1.29, 1.82) is 0 Å². The monoisotopic (exact) mass is 509 g/mol. The van der Waals surface area contributed by atoms with E-state index in [0.29, 0.717) is 43.4 Å². The van der Waals surface area contributed by atoms with Gasteiger partial charge in [0.1, 0.15) is 6.54 Å². The number of anilines is 3. The zero-order chi connectivity index (χ0) is 24.8. The number of alkyl halides is 4. The van der Waals surface area contributed by atoms with Gasteiger partial charge < -0.3 is 15.0 Å². The Bertz CT molecular complexity index is 1200. The van der Waals surface area contributed by atoms with Crippen LogP contribution in [0, 0.1) is 5.82 Å². The van der Waals surface area contributed by atoms with Crippen LogP contribution in [0.5, 0.6) is 0 Å². The molecule has 1 aromatic carbocycles. The SMILES string of the molecule is Fc1cnc(N=NCc2ccc(Nc3cccc(C(F)(F)F)c3)c(CCl)n2)nc1N1CCOCC1. The number of hydrogen-bond donors (Lipinski definition) is 1. The summed E-state index contributed by atoms with van der Waals surface area (Å²) in [6.45, 7) is 2.05. The number of hydrogen-bond acceptors (Lipinski definition) is 8. The fourth-order valence-corrected chi connectivity index (χ4v) is 3.55. The highest BCUT2D eigenvalue weighted by molar-refractivity contribution is 6.17. The lowest BCUT2D eigenvalue weighted by Gasteiger charge is -2.27. The van der Waals surface area contributed by atoms with E-state index in [4.69, 9.17) is 16.3 Å². The first kappa shape index (κ1) is 24.7. The number of halogens is 5. The number of nitrogens with one attached hydrogen (secondary N) is 1. The van der Waals surface area contributed by atoms with E-state index in [1.807, 2.05) is 0 Å². The largest absolute Gasteiger partial charge is 0.416 e. The molecular formula is C22H20ClF4N7O. The van der Waals surface area contributed by atoms with E-state index in [1.165, 1.54) is 12.1 Å². The summed E-state index contributed by atoms with van der Waals surface area (Å²) in [5, 5.41) is 10.9. The molecule has 0 saturated carbocycles. The second kappa shape index (κ2) is 10.9. The summed E-state index contributed by atoms with van der Waals surface area (Å²) in [6, 6.07) is 8.14. The van der Waals surface area contributed by atoms with Crippen molar-refractivity contribution in [2.45, 2.75) is 18.6 Å². The summed E-state index contributed by atoms with van der Waals surface area (Å²) in [5.74, 6) is -0.378. The molecule has 1 saturated heterocycles. The summed E-state index contributed by atoms with van der Waals surface area (Å²) in [5.41, 5.74) is 0.917. The van der Waals surface area contributed by atoms with Gasteiger partial charge in [-0.25, -0.2) is 9.37 Å². The Hall–Kier alpha value is -3.38. The van der Waals surface area contributed by atoms with Crippen LogP contribution in [-0.2, 0) is 23.3 Å². The second-order valence-electron chi connectivity index (χ2n) is 7.47. The van der Waals surface area contributed by atoms with Gasteiger partial charge in [-0.3, -0.25) is 4.98 Å². The minimum absolute atomic E-state index is 0.00768. The molecule has 3 heterocycles. The Morgan fingerprint density at radius 2 is 1.91 bits per heavy atom. The van der Waals surface area contributed by atoms with Gasteiger partial charge in [-0.15, -0.1) is 16.7 Å². The first-order chi connectivity index (χ1) is 16.8. The smallest absolute Gasteiger partial charge is 0.378 e. The quantitative estimate of drug-likeness (QED) is 0.252. The average molecular weight is 510 g/mol. The standard InChI is InChI=1S/C22H20ClF4N7O/c23-11-19-18(30-15-3-1-2-14(10-15)22(25,26)27)5-4-16(31-19)12-29-33-21-28-13-17(24)20(32-21)34-6-8-35-9-7-34/h1-5,10,13,30H,6-9,11-12H2. The Labute approximate surface area is 203 Å². The first-order valence-corrected chi connectivity index (χ1v) is 11.1. The maximum atomic E-state index is 14.1. The van der Waals surface area contributed by atoms with E-state index in [9.17, 15) is 17.6 Å². The van der Waals surface area contributed by atoms with Crippen molar-refractivity contribution in [2.24, 2.45) is 10.2 Å². The molecule has 35 heavy (non-hydrogen) atoms. The van der Waals surface area contributed by atoms with Gasteiger partial charge in [0.05, 0.1) is 47.9 Å². The summed E-state index contributed by atoms with van der Waals surface area (Å²) < 4.78 is 58.3. The van der Waals surface area contributed by atoms with Crippen LogP contribution in [0.25, 0.3) is 0 Å². The molecule has 3 aromatic rings. The number of morpholine rings is 1. The van der Waals surface area contributed by atoms with E-state index in [2.05, 4.69) is 30.5 Å². The number of pyridine rings is 1. The molecule has 8 nitrogen and oxygen atoms in total. The Balaban J connectivity index is 1.44. The number of rotatable bonds is 7. The molecule has 1 N–H and O–H groups in total. The van der Waals surface area contributed by atoms with Crippen LogP contribution in [0.3, 0.4) is 0 Å². The molecule has 184 valence electrons. The fourth-order valence-electron chi connectivity index (χ4n) is 3.34. The third-order valence-electron chi connectivity index (χ3n) is 5.04. The van der Waals surface area contributed by atoms with E-state index >= 15 is 0 Å². The van der Waals surface area contributed by atoms with Crippen molar-refractivity contribution in [3.05, 3.63) is 65.4 Å². The number of benzene rings is 1. The maximum absolute atomic E-state index is 14.1. The minimum atomic E-state index is -4.45. The van der Waals surface area contributed by atoms with E-state index in [0.717, 1.165) is 18.3 Å². The van der Waals surface area contributed by atoms with Crippen LogP contribution < -0.4 is 10.2 Å². The van der Waals surface area contributed by atoms with E-state index in [1.54, 1.807) is 17.0 Å². The van der Waals surface area contributed by atoms with Gasteiger partial charge in [-0.1, -0.05) is 6.07 Å². The summed E-state index contributed by atoms with van der Waals surface area (Å²) >= 11 is 6.00. The van der Waals surface area contributed by atoms with Crippen molar-refractivity contribution in [1.82, 2.24) is 15.0 Å². The van der Waals surface area contributed by atoms with Gasteiger partial charge in [0.2, 0.25) is 0 Å². The van der Waals surface area contributed by atoms with E-state index in [-0.39, 0.29) is 29.9 Å². The predicted molar refractivity (Wildman–Crippen MR) is 122 cm³/mol. The molecule has 1 aliphatic heterocycles. The van der Waals surface area contributed by atoms with Gasteiger partial charge in [0, 0.05) is 18.8 Å². The Morgan fingerprint density at radius 3 is 2.66 bits per heavy atom. The van der Waals surface area contributed by atoms with Gasteiger partial charge >= 0.3 is 6.18 Å². The Morgan fingerprint density at radius 1 is 1.11 bits per heavy atom. The molecule has 0 unspecified atom stereocenters. The summed E-state index contributed by atoms with van der Waals surface area (Å²) in [6.07, 6.45) is -3.40. The second-order valence-corrected chi connectivity index (χ2v) is 7.74. The van der Waals surface area contributed by atoms with Crippen LogP contribution in [0.4, 0.5) is 40.7 Å². The summed E-state index contributed by atoms with van der Waals surface area (Å²) in [4.78, 5) is 14.1. The van der Waals surface area contributed by atoms with Gasteiger partial charge in [-0.05, 0) is 30.3 Å². The van der Waals surface area contributed by atoms with Crippen molar-refractivity contribution < 1.29 is 22.3 Å². The van der Waals surface area contributed by atoms with Crippen molar-refractivity contribution >= 4 is 34.7 Å². The zero-order valence-electron chi connectivity index (χ0n) is 18.3. The molecule has 1 fully saturated rings. The van der Waals surface area contributed by atoms with Crippen LogP contribution in [0.2, 0.25) is 0 Å². The zero-order valence-corrected chi connectivity index (χ0v) is 19.0. The lowest BCUT2D eigenvalue weighted by molar-refractivity contribution is -0.137. The molecular weight excluding hydrogens is 490 g/mol. The van der Waals surface area contributed by atoms with Crippen LogP contribution in [0.15, 0.2) is 52.8 Å². The minimum Gasteiger partial charge on any atom is -0.378 e. The van der Waals surface area contributed by atoms with Crippen LogP contribution in [0.1, 0.15) is 17.0 Å². The Kier molecular flexibility index (Phi) is 7.71. The molecule has 0 bridgehead atoms. The number of aromatic nitrogens is 3. The molecule has 0 spiro atoms. The molecule has 0 aliphatic carbocycles. The normalized spacial score (nSPS) is 14.5. The van der Waals surface area contributed by atoms with Crippen molar-refractivity contribution in [3.8, 4) is 0 Å². The lowest BCUT2D eigenvalue weighted by atomic mass is 10.2. The highest BCUT2D eigenvalue weighted by atomic mass is 35.5. The molecule has 2 aromatic heterocycles. The van der Waals surface area contributed by atoms with Crippen LogP contribution in [-0.4, -0.2) is 41.3 Å². The number of ether oxygens (including phenoxy) is 1. The van der Waals surface area contributed by atoms with Gasteiger partial charge in [-0.2, -0.15) is 23.3 Å². The number of azo groups is 1. The van der Waals surface area contributed by atoms with Gasteiger partial charge in [0.25, 0.3) is 5.95 Å². The third-order valence-corrected chi connectivity index (χ3v) is 5.30. The molecule has 4 rings (SSSR count). The summed E-state index contributed by atoms with van der Waals surface area (Å²) in [7, 11) is 0.